The maximum absolute atomic E-state index is 12.3. The van der Waals surface area contributed by atoms with Gasteiger partial charge in [-0.25, -0.2) is 0 Å². The molecule has 0 saturated heterocycles. The van der Waals surface area contributed by atoms with Gasteiger partial charge in [-0.2, -0.15) is 0 Å². The van der Waals surface area contributed by atoms with Crippen LogP contribution in [0.3, 0.4) is 0 Å². The van der Waals surface area contributed by atoms with E-state index in [4.69, 9.17) is 0 Å². The van der Waals surface area contributed by atoms with Crippen molar-refractivity contribution in [2.45, 2.75) is 95.8 Å². The summed E-state index contributed by atoms with van der Waals surface area (Å²) in [5, 5.41) is 0. The van der Waals surface area contributed by atoms with Crippen molar-refractivity contribution >= 4 is 0 Å². The van der Waals surface area contributed by atoms with Gasteiger partial charge in [0.05, 0.1) is 6.67 Å². The number of benzene rings is 2. The molecule has 0 unspecified atom stereocenters. The second kappa shape index (κ2) is 12.5. The SMILES string of the molecule is CCCC[C@H]1CC[C@H](c2ccc(-c3ccc([C@H]4CC[C@H](C=CCCF)CC4)cc3)cc2)CC1. The van der Waals surface area contributed by atoms with Crippen molar-refractivity contribution in [3.63, 3.8) is 0 Å². The minimum atomic E-state index is -0.235. The molecule has 178 valence electrons. The first kappa shape index (κ1) is 24.2. The first-order chi connectivity index (χ1) is 16.3. The monoisotopic (exact) mass is 446 g/mol. The van der Waals surface area contributed by atoms with E-state index in [0.717, 1.165) is 11.8 Å². The lowest BCUT2D eigenvalue weighted by Crippen LogP contribution is -2.13. The van der Waals surface area contributed by atoms with Gasteiger partial charge in [-0.15, -0.1) is 0 Å². The summed E-state index contributed by atoms with van der Waals surface area (Å²) in [6.07, 6.45) is 19.6. The van der Waals surface area contributed by atoms with Crippen molar-refractivity contribution in [3.8, 4) is 11.1 Å². The highest BCUT2D eigenvalue weighted by molar-refractivity contribution is 5.64. The van der Waals surface area contributed by atoms with Crippen LogP contribution in [-0.2, 0) is 0 Å². The standard InChI is InChI=1S/C32H43F/c1-2-3-6-25-8-12-27(13-9-25)29-16-20-31(21-17-29)32-22-18-30(19-23-32)28-14-10-26(11-15-28)7-4-5-24-33/h4,7,16-23,25-28H,2-3,5-6,8-15,24H2,1H3/t25-,26-,27-,28-. The summed E-state index contributed by atoms with van der Waals surface area (Å²) in [5.74, 6) is 3.07. The second-order valence-electron chi connectivity index (χ2n) is 10.6. The largest absolute Gasteiger partial charge is 0.251 e. The van der Waals surface area contributed by atoms with E-state index in [0.29, 0.717) is 18.3 Å². The van der Waals surface area contributed by atoms with Crippen molar-refractivity contribution in [2.75, 3.05) is 6.67 Å². The van der Waals surface area contributed by atoms with E-state index in [9.17, 15) is 4.39 Å². The molecule has 0 atom stereocenters. The van der Waals surface area contributed by atoms with Crippen LogP contribution < -0.4 is 0 Å². The molecule has 0 aromatic heterocycles. The summed E-state index contributed by atoms with van der Waals surface area (Å²) in [6.45, 7) is 2.07. The van der Waals surface area contributed by atoms with Crippen LogP contribution in [0.2, 0.25) is 0 Å². The van der Waals surface area contributed by atoms with Gasteiger partial charge in [0.1, 0.15) is 0 Å². The number of hydrogen-bond acceptors (Lipinski definition) is 0. The Labute approximate surface area is 201 Å². The van der Waals surface area contributed by atoms with Gasteiger partial charge in [-0.1, -0.05) is 86.9 Å². The van der Waals surface area contributed by atoms with Gasteiger partial charge in [0.25, 0.3) is 0 Å². The molecule has 0 heterocycles. The van der Waals surface area contributed by atoms with Gasteiger partial charge < -0.3 is 0 Å². The molecule has 0 aliphatic heterocycles. The fourth-order valence-corrected chi connectivity index (χ4v) is 6.17. The van der Waals surface area contributed by atoms with Crippen LogP contribution in [0.1, 0.15) is 107 Å². The highest BCUT2D eigenvalue weighted by Gasteiger charge is 2.22. The summed E-state index contributed by atoms with van der Waals surface area (Å²) in [5.41, 5.74) is 5.70. The van der Waals surface area contributed by atoms with Crippen LogP contribution in [0.5, 0.6) is 0 Å². The molecule has 0 amide bonds. The maximum Gasteiger partial charge on any atom is 0.0928 e. The maximum atomic E-state index is 12.3. The number of unbranched alkanes of at least 4 members (excludes halogenated alkanes) is 1. The molecule has 1 heteroatoms. The molecule has 0 N–H and O–H groups in total. The molecule has 2 aromatic rings. The first-order valence-corrected chi connectivity index (χ1v) is 13.7. The molecule has 2 fully saturated rings. The molecule has 0 spiro atoms. The Bertz CT molecular complexity index is 831. The first-order valence-electron chi connectivity index (χ1n) is 13.7. The van der Waals surface area contributed by atoms with Gasteiger partial charge in [0.15, 0.2) is 0 Å². The highest BCUT2D eigenvalue weighted by Crippen LogP contribution is 2.39. The van der Waals surface area contributed by atoms with E-state index in [1.54, 1.807) is 5.56 Å². The molecule has 4 rings (SSSR count). The Morgan fingerprint density at radius 1 is 0.727 bits per heavy atom. The third kappa shape index (κ3) is 6.81. The van der Waals surface area contributed by atoms with Crippen LogP contribution in [0.15, 0.2) is 60.7 Å². The molecule has 0 radical (unpaired) electrons. The topological polar surface area (TPSA) is 0 Å². The minimum Gasteiger partial charge on any atom is -0.251 e. The smallest absolute Gasteiger partial charge is 0.0928 e. The summed E-state index contributed by atoms with van der Waals surface area (Å²) in [4.78, 5) is 0. The lowest BCUT2D eigenvalue weighted by molar-refractivity contribution is 0.304. The van der Waals surface area contributed by atoms with Crippen LogP contribution in [0, 0.1) is 11.8 Å². The molecular formula is C32H43F. The van der Waals surface area contributed by atoms with Gasteiger partial charge in [-0.3, -0.25) is 4.39 Å². The van der Waals surface area contributed by atoms with E-state index in [1.807, 2.05) is 6.08 Å². The lowest BCUT2D eigenvalue weighted by Gasteiger charge is -2.29. The number of alkyl halides is 1. The molecule has 0 bridgehead atoms. The summed E-state index contributed by atoms with van der Waals surface area (Å²) < 4.78 is 12.3. The average molecular weight is 447 g/mol. The average Bonchev–Trinajstić information content (AvgIpc) is 2.89. The van der Waals surface area contributed by atoms with E-state index in [-0.39, 0.29) is 6.67 Å². The summed E-state index contributed by atoms with van der Waals surface area (Å²) >= 11 is 0. The zero-order chi connectivity index (χ0) is 22.9. The Kier molecular flexibility index (Phi) is 9.21. The van der Waals surface area contributed by atoms with Crippen LogP contribution in [-0.4, -0.2) is 6.67 Å². The van der Waals surface area contributed by atoms with E-state index >= 15 is 0 Å². The predicted octanol–water partition coefficient (Wildman–Crippen LogP) is 10.0. The van der Waals surface area contributed by atoms with Crippen molar-refractivity contribution in [1.29, 1.82) is 0 Å². The van der Waals surface area contributed by atoms with Gasteiger partial charge in [-0.05, 0) is 104 Å². The predicted molar refractivity (Wildman–Crippen MR) is 141 cm³/mol. The molecule has 2 aromatic carbocycles. The third-order valence-corrected chi connectivity index (χ3v) is 8.37. The van der Waals surface area contributed by atoms with Crippen LogP contribution in [0.4, 0.5) is 4.39 Å². The number of allylic oxidation sites excluding steroid dienone is 2. The van der Waals surface area contributed by atoms with Crippen molar-refractivity contribution < 1.29 is 4.39 Å². The summed E-state index contributed by atoms with van der Waals surface area (Å²) in [6, 6.07) is 18.8. The number of hydrogen-bond donors (Lipinski definition) is 0. The van der Waals surface area contributed by atoms with Gasteiger partial charge in [0.2, 0.25) is 0 Å². The van der Waals surface area contributed by atoms with E-state index < -0.39 is 0 Å². The zero-order valence-corrected chi connectivity index (χ0v) is 20.7. The van der Waals surface area contributed by atoms with E-state index in [1.165, 1.54) is 87.3 Å². The van der Waals surface area contributed by atoms with Crippen LogP contribution >= 0.6 is 0 Å². The van der Waals surface area contributed by atoms with Crippen LogP contribution in [0.25, 0.3) is 11.1 Å². The Morgan fingerprint density at radius 2 is 1.24 bits per heavy atom. The second-order valence-corrected chi connectivity index (χ2v) is 10.6. The Morgan fingerprint density at radius 3 is 1.73 bits per heavy atom. The Hall–Kier alpha value is -1.89. The van der Waals surface area contributed by atoms with Gasteiger partial charge in [0, 0.05) is 0 Å². The fourth-order valence-electron chi connectivity index (χ4n) is 6.17. The summed E-state index contributed by atoms with van der Waals surface area (Å²) in [7, 11) is 0. The minimum absolute atomic E-state index is 0.235. The normalized spacial score (nSPS) is 26.0. The number of halogens is 1. The van der Waals surface area contributed by atoms with Gasteiger partial charge >= 0.3 is 0 Å². The van der Waals surface area contributed by atoms with Crippen molar-refractivity contribution in [1.82, 2.24) is 0 Å². The fraction of sp³-hybridized carbons (Fsp3) is 0.562. The number of rotatable bonds is 9. The molecule has 2 aliphatic rings. The zero-order valence-electron chi connectivity index (χ0n) is 20.7. The molecule has 2 aliphatic carbocycles. The molecule has 33 heavy (non-hydrogen) atoms. The molecule has 2 saturated carbocycles. The highest BCUT2D eigenvalue weighted by atomic mass is 19.1. The quantitative estimate of drug-likeness (QED) is 0.336. The van der Waals surface area contributed by atoms with Crippen molar-refractivity contribution in [3.05, 3.63) is 71.8 Å². The lowest BCUT2D eigenvalue weighted by atomic mass is 9.77. The molecule has 0 nitrogen and oxygen atoms in total. The molecular weight excluding hydrogens is 403 g/mol. The Balaban J connectivity index is 1.29. The van der Waals surface area contributed by atoms with Crippen molar-refractivity contribution in [2.24, 2.45) is 11.8 Å². The van der Waals surface area contributed by atoms with E-state index in [2.05, 4.69) is 61.5 Å². The third-order valence-electron chi connectivity index (χ3n) is 8.37.